The molecule has 1 aliphatic rings. The second kappa shape index (κ2) is 14.3. The highest BCUT2D eigenvalue weighted by Crippen LogP contribution is 2.51. The fourth-order valence-corrected chi connectivity index (χ4v) is 8.69. The molecular formula is C54H43N. The molecule has 264 valence electrons. The van der Waals surface area contributed by atoms with Gasteiger partial charge in [-0.1, -0.05) is 202 Å². The van der Waals surface area contributed by atoms with Gasteiger partial charge in [0.25, 0.3) is 0 Å². The summed E-state index contributed by atoms with van der Waals surface area (Å²) in [5.74, 6) is 0. The predicted molar refractivity (Wildman–Crippen MR) is 232 cm³/mol. The van der Waals surface area contributed by atoms with Crippen molar-refractivity contribution < 1.29 is 0 Å². The maximum absolute atomic E-state index is 2.40. The summed E-state index contributed by atoms with van der Waals surface area (Å²) in [6.45, 7) is 4.73. The van der Waals surface area contributed by atoms with Crippen molar-refractivity contribution in [2.45, 2.75) is 24.7 Å². The topological polar surface area (TPSA) is 3.24 Å². The lowest BCUT2D eigenvalue weighted by molar-refractivity contribution is 0.660. The maximum Gasteiger partial charge on any atom is 0.0701 e. The van der Waals surface area contributed by atoms with Gasteiger partial charge in [-0.15, -0.1) is 0 Å². The molecule has 0 radical (unpaired) electrons. The van der Waals surface area contributed by atoms with E-state index in [0.717, 1.165) is 17.1 Å². The summed E-state index contributed by atoms with van der Waals surface area (Å²) in [4.78, 5) is 2.35. The molecule has 1 heteroatoms. The Balaban J connectivity index is 1.04. The number of hydrogen-bond acceptors (Lipinski definition) is 1. The van der Waals surface area contributed by atoms with E-state index in [2.05, 4.69) is 243 Å². The molecule has 0 atom stereocenters. The van der Waals surface area contributed by atoms with E-state index in [1.165, 1.54) is 55.6 Å². The van der Waals surface area contributed by atoms with Gasteiger partial charge in [0.2, 0.25) is 0 Å². The van der Waals surface area contributed by atoms with E-state index in [0.29, 0.717) is 0 Å². The van der Waals surface area contributed by atoms with Gasteiger partial charge < -0.3 is 4.90 Å². The third-order valence-corrected chi connectivity index (χ3v) is 11.4. The molecule has 0 fully saturated rings. The van der Waals surface area contributed by atoms with Gasteiger partial charge in [0.15, 0.2) is 0 Å². The minimum absolute atomic E-state index is 0.152. The van der Waals surface area contributed by atoms with E-state index >= 15 is 0 Å². The van der Waals surface area contributed by atoms with E-state index in [9.17, 15) is 0 Å². The maximum atomic E-state index is 2.40. The van der Waals surface area contributed by atoms with Crippen LogP contribution in [0, 0.1) is 0 Å². The Morgan fingerprint density at radius 3 is 1.24 bits per heavy atom. The van der Waals surface area contributed by atoms with E-state index in [-0.39, 0.29) is 5.41 Å². The lowest BCUT2D eigenvalue weighted by atomic mass is 9.65. The Morgan fingerprint density at radius 1 is 0.364 bits per heavy atom. The predicted octanol–water partition coefficient (Wildman–Crippen LogP) is 14.0. The zero-order valence-corrected chi connectivity index (χ0v) is 31.3. The van der Waals surface area contributed by atoms with E-state index in [4.69, 9.17) is 0 Å². The number of hydrogen-bond donors (Lipinski definition) is 0. The second-order valence-electron chi connectivity index (χ2n) is 15.0. The van der Waals surface area contributed by atoms with Gasteiger partial charge in [0, 0.05) is 22.5 Å². The zero-order chi connectivity index (χ0) is 37.2. The van der Waals surface area contributed by atoms with Crippen molar-refractivity contribution in [1.82, 2.24) is 0 Å². The van der Waals surface area contributed by atoms with Crippen LogP contribution < -0.4 is 4.90 Å². The first kappa shape index (κ1) is 34.1. The number of para-hydroxylation sites is 2. The lowest BCUT2D eigenvalue weighted by Crippen LogP contribution is -2.30. The van der Waals surface area contributed by atoms with E-state index in [1.54, 1.807) is 0 Å². The molecule has 0 bridgehead atoms. The SMILES string of the molecule is CC1(C)c2cc(C=Cc3ccc(C(c4ccccc4)(c4ccccc4)c4ccccc4)cc3)ccc2-c2ccc(N(c3ccccc3)c3ccccc3)cc21. The van der Waals surface area contributed by atoms with Crippen LogP contribution in [0.5, 0.6) is 0 Å². The van der Waals surface area contributed by atoms with Crippen molar-refractivity contribution in [3.63, 3.8) is 0 Å². The Labute approximate surface area is 325 Å². The summed E-state index contributed by atoms with van der Waals surface area (Å²) in [6.07, 6.45) is 4.50. The minimum atomic E-state index is -0.453. The average molecular weight is 706 g/mol. The Bertz CT molecular complexity index is 2440. The van der Waals surface area contributed by atoms with Crippen LogP contribution in [0.25, 0.3) is 23.3 Å². The largest absolute Gasteiger partial charge is 0.310 e. The van der Waals surface area contributed by atoms with Crippen LogP contribution in [0.3, 0.4) is 0 Å². The molecular weight excluding hydrogens is 663 g/mol. The lowest BCUT2D eigenvalue weighted by Gasteiger charge is -2.37. The molecule has 55 heavy (non-hydrogen) atoms. The summed E-state index contributed by atoms with van der Waals surface area (Å²) < 4.78 is 0. The zero-order valence-electron chi connectivity index (χ0n) is 31.3. The molecule has 0 amide bonds. The minimum Gasteiger partial charge on any atom is -0.310 e. The van der Waals surface area contributed by atoms with E-state index < -0.39 is 5.41 Å². The highest BCUT2D eigenvalue weighted by molar-refractivity contribution is 5.86. The van der Waals surface area contributed by atoms with Crippen LogP contribution in [-0.4, -0.2) is 0 Å². The summed E-state index contributed by atoms with van der Waals surface area (Å²) in [5, 5.41) is 0. The molecule has 1 aliphatic carbocycles. The molecule has 0 spiro atoms. The van der Waals surface area contributed by atoms with Gasteiger partial charge in [-0.2, -0.15) is 0 Å². The third kappa shape index (κ3) is 6.08. The van der Waals surface area contributed by atoms with Crippen LogP contribution in [0.15, 0.2) is 212 Å². The number of rotatable bonds is 9. The molecule has 0 N–H and O–H groups in total. The van der Waals surface area contributed by atoms with Gasteiger partial charge in [0.05, 0.1) is 5.41 Å². The van der Waals surface area contributed by atoms with E-state index in [1.807, 2.05) is 0 Å². The van der Waals surface area contributed by atoms with Crippen LogP contribution in [0.4, 0.5) is 17.1 Å². The first-order valence-corrected chi connectivity index (χ1v) is 19.2. The van der Waals surface area contributed by atoms with Crippen molar-refractivity contribution in [1.29, 1.82) is 0 Å². The quantitative estimate of drug-likeness (QED) is 0.107. The Morgan fingerprint density at radius 2 is 0.745 bits per heavy atom. The van der Waals surface area contributed by atoms with Gasteiger partial charge in [0.1, 0.15) is 0 Å². The van der Waals surface area contributed by atoms with Gasteiger partial charge >= 0.3 is 0 Å². The van der Waals surface area contributed by atoms with Gasteiger partial charge in [-0.25, -0.2) is 0 Å². The molecule has 0 unspecified atom stereocenters. The fraction of sp³-hybridized carbons (Fsp3) is 0.0741. The molecule has 0 heterocycles. The van der Waals surface area contributed by atoms with Gasteiger partial charge in [-0.3, -0.25) is 0 Å². The molecule has 0 aromatic heterocycles. The van der Waals surface area contributed by atoms with Gasteiger partial charge in [-0.05, 0) is 92.0 Å². The third-order valence-electron chi connectivity index (χ3n) is 11.4. The summed E-state index contributed by atoms with van der Waals surface area (Å²) in [7, 11) is 0. The van der Waals surface area contributed by atoms with Crippen molar-refractivity contribution in [3.8, 4) is 11.1 Å². The molecule has 1 nitrogen and oxygen atoms in total. The molecule has 8 aromatic rings. The first-order chi connectivity index (χ1) is 27.0. The normalized spacial score (nSPS) is 13.0. The van der Waals surface area contributed by atoms with Crippen molar-refractivity contribution >= 4 is 29.2 Å². The highest BCUT2D eigenvalue weighted by atomic mass is 15.1. The Kier molecular flexibility index (Phi) is 8.84. The first-order valence-electron chi connectivity index (χ1n) is 19.2. The van der Waals surface area contributed by atoms with Crippen molar-refractivity contribution in [3.05, 3.63) is 257 Å². The summed E-state index contributed by atoms with van der Waals surface area (Å²) >= 11 is 0. The molecule has 0 aliphatic heterocycles. The highest BCUT2D eigenvalue weighted by Gasteiger charge is 2.38. The fourth-order valence-electron chi connectivity index (χ4n) is 8.69. The molecule has 0 saturated carbocycles. The number of nitrogens with zero attached hydrogens (tertiary/aromatic N) is 1. The second-order valence-corrected chi connectivity index (χ2v) is 15.0. The average Bonchev–Trinajstić information content (AvgIpc) is 3.47. The van der Waals surface area contributed by atoms with Crippen LogP contribution in [0.1, 0.15) is 58.4 Å². The summed E-state index contributed by atoms with van der Waals surface area (Å²) in [6, 6.07) is 77.0. The number of benzene rings is 8. The molecule has 8 aromatic carbocycles. The van der Waals surface area contributed by atoms with Crippen molar-refractivity contribution in [2.75, 3.05) is 4.90 Å². The number of fused-ring (bicyclic) bond motifs is 3. The summed E-state index contributed by atoms with van der Waals surface area (Å²) in [5.41, 5.74) is 15.6. The smallest absolute Gasteiger partial charge is 0.0701 e. The Hall–Kier alpha value is -6.70. The number of anilines is 3. The molecule has 0 saturated heterocycles. The van der Waals surface area contributed by atoms with Crippen LogP contribution in [0.2, 0.25) is 0 Å². The van der Waals surface area contributed by atoms with Crippen LogP contribution in [-0.2, 0) is 10.8 Å². The molecule has 9 rings (SSSR count). The van der Waals surface area contributed by atoms with Crippen molar-refractivity contribution in [2.24, 2.45) is 0 Å². The standard InChI is InChI=1S/C54H43N/c1-53(2)51-38-41(32-36-49(51)50-37-35-48(39-52(50)53)55(46-24-14-6-15-25-46)47-26-16-7-17-27-47)29-28-40-30-33-45(34-31-40)54(42-18-8-3-9-19-42,43-20-10-4-11-21-43)44-22-12-5-13-23-44/h3-39H,1-2H3. The monoisotopic (exact) mass is 705 g/mol. The van der Waals surface area contributed by atoms with Crippen LogP contribution >= 0.6 is 0 Å².